The highest BCUT2D eigenvalue weighted by Gasteiger charge is 2.11. The van der Waals surface area contributed by atoms with E-state index < -0.39 is 5.97 Å². The number of hydrogen-bond donors (Lipinski definition) is 1. The third-order valence-electron chi connectivity index (χ3n) is 2.90. The maximum absolute atomic E-state index is 12.0. The van der Waals surface area contributed by atoms with Crippen molar-refractivity contribution < 1.29 is 9.63 Å². The molecule has 0 saturated heterocycles. The topological polar surface area (TPSA) is 69.0 Å². The number of anilines is 1. The van der Waals surface area contributed by atoms with Gasteiger partial charge < -0.3 is 10.2 Å². The standard InChI is InChI=1S/C14H12N4O2/c1-15-11-8-6-10(7-9-11)14(19)20-18-13-5-3-2-4-12(13)16-17-18/h2-9,15H,1H3. The molecule has 1 N–H and O–H groups in total. The fourth-order valence-corrected chi connectivity index (χ4v) is 1.82. The average molecular weight is 268 g/mol. The van der Waals surface area contributed by atoms with Gasteiger partial charge >= 0.3 is 5.97 Å². The monoisotopic (exact) mass is 268 g/mol. The van der Waals surface area contributed by atoms with Gasteiger partial charge in [-0.3, -0.25) is 0 Å². The van der Waals surface area contributed by atoms with Crippen molar-refractivity contribution in [3.63, 3.8) is 0 Å². The number of para-hydroxylation sites is 1. The Morgan fingerprint density at radius 2 is 1.90 bits per heavy atom. The van der Waals surface area contributed by atoms with Crippen LogP contribution in [0.4, 0.5) is 5.69 Å². The van der Waals surface area contributed by atoms with Gasteiger partial charge in [-0.15, -0.1) is 5.10 Å². The highest BCUT2D eigenvalue weighted by molar-refractivity contribution is 5.90. The number of aromatic nitrogens is 3. The van der Waals surface area contributed by atoms with E-state index >= 15 is 0 Å². The van der Waals surface area contributed by atoms with Gasteiger partial charge in [0.25, 0.3) is 0 Å². The summed E-state index contributed by atoms with van der Waals surface area (Å²) in [6.07, 6.45) is 0. The number of nitrogens with one attached hydrogen (secondary N) is 1. The fraction of sp³-hybridized carbons (Fsp3) is 0.0714. The van der Waals surface area contributed by atoms with Crippen LogP contribution in [0.5, 0.6) is 0 Å². The van der Waals surface area contributed by atoms with Crippen molar-refractivity contribution in [3.8, 4) is 0 Å². The summed E-state index contributed by atoms with van der Waals surface area (Å²) in [5, 5.41) is 10.7. The van der Waals surface area contributed by atoms with Gasteiger partial charge in [-0.25, -0.2) is 4.79 Å². The highest BCUT2D eigenvalue weighted by Crippen LogP contribution is 2.11. The fourth-order valence-electron chi connectivity index (χ4n) is 1.82. The molecule has 6 nitrogen and oxygen atoms in total. The first-order chi connectivity index (χ1) is 9.78. The van der Waals surface area contributed by atoms with Crippen LogP contribution in [0.15, 0.2) is 48.5 Å². The van der Waals surface area contributed by atoms with E-state index in [2.05, 4.69) is 15.6 Å². The molecule has 6 heteroatoms. The Morgan fingerprint density at radius 1 is 1.15 bits per heavy atom. The molecule has 1 heterocycles. The predicted octanol–water partition coefficient (Wildman–Crippen LogP) is 1.74. The Morgan fingerprint density at radius 3 is 2.65 bits per heavy atom. The minimum atomic E-state index is -0.483. The van der Waals surface area contributed by atoms with Gasteiger partial charge in [0.2, 0.25) is 0 Å². The molecule has 1 aromatic heterocycles. The van der Waals surface area contributed by atoms with Crippen LogP contribution >= 0.6 is 0 Å². The van der Waals surface area contributed by atoms with Crippen LogP contribution < -0.4 is 10.2 Å². The van der Waals surface area contributed by atoms with Gasteiger partial charge in [-0.05, 0) is 41.6 Å². The van der Waals surface area contributed by atoms with Crippen molar-refractivity contribution in [2.24, 2.45) is 0 Å². The van der Waals surface area contributed by atoms with Gasteiger partial charge in [-0.1, -0.05) is 17.0 Å². The number of benzene rings is 2. The van der Waals surface area contributed by atoms with Crippen LogP contribution in [0.2, 0.25) is 0 Å². The highest BCUT2D eigenvalue weighted by atomic mass is 16.7. The second-order valence-corrected chi connectivity index (χ2v) is 4.16. The molecule has 3 rings (SSSR count). The van der Waals surface area contributed by atoms with E-state index in [4.69, 9.17) is 4.84 Å². The average Bonchev–Trinajstić information content (AvgIpc) is 2.91. The van der Waals surface area contributed by atoms with Gasteiger partial charge in [0.1, 0.15) is 11.0 Å². The summed E-state index contributed by atoms with van der Waals surface area (Å²) >= 11 is 0. The van der Waals surface area contributed by atoms with Crippen molar-refractivity contribution in [3.05, 3.63) is 54.1 Å². The number of rotatable bonds is 3. The third kappa shape index (κ3) is 2.18. The zero-order valence-electron chi connectivity index (χ0n) is 10.8. The molecular formula is C14H12N4O2. The van der Waals surface area contributed by atoms with Crippen LogP contribution in [0, 0.1) is 0 Å². The first-order valence-electron chi connectivity index (χ1n) is 6.09. The van der Waals surface area contributed by atoms with E-state index in [0.29, 0.717) is 16.6 Å². The van der Waals surface area contributed by atoms with Crippen LogP contribution in [0.1, 0.15) is 10.4 Å². The minimum Gasteiger partial charge on any atom is -0.388 e. The molecule has 0 atom stereocenters. The lowest BCUT2D eigenvalue weighted by atomic mass is 10.2. The first-order valence-corrected chi connectivity index (χ1v) is 6.09. The SMILES string of the molecule is CNc1ccc(C(=O)On2nnc3ccccc32)cc1. The summed E-state index contributed by atoms with van der Waals surface area (Å²) in [5.74, 6) is -0.483. The molecule has 0 radical (unpaired) electrons. The molecule has 20 heavy (non-hydrogen) atoms. The number of carbonyl (C=O) groups excluding carboxylic acids is 1. The van der Waals surface area contributed by atoms with E-state index in [1.165, 1.54) is 0 Å². The summed E-state index contributed by atoms with van der Waals surface area (Å²) in [4.78, 5) is 18.4. The molecular weight excluding hydrogens is 256 g/mol. The van der Waals surface area contributed by atoms with E-state index in [-0.39, 0.29) is 0 Å². The maximum atomic E-state index is 12.0. The first kappa shape index (κ1) is 12.2. The summed E-state index contributed by atoms with van der Waals surface area (Å²) in [6.45, 7) is 0. The van der Waals surface area contributed by atoms with Crippen LogP contribution in [0.25, 0.3) is 11.0 Å². The maximum Gasteiger partial charge on any atom is 0.365 e. The van der Waals surface area contributed by atoms with Crippen LogP contribution in [-0.4, -0.2) is 28.2 Å². The molecule has 2 aromatic carbocycles. The summed E-state index contributed by atoms with van der Waals surface area (Å²) in [5.41, 5.74) is 2.69. The summed E-state index contributed by atoms with van der Waals surface area (Å²) < 4.78 is 0. The lowest BCUT2D eigenvalue weighted by molar-refractivity contribution is 0.0409. The van der Waals surface area contributed by atoms with Crippen molar-refractivity contribution in [2.45, 2.75) is 0 Å². The van der Waals surface area contributed by atoms with E-state index in [9.17, 15) is 4.79 Å². The molecule has 0 saturated carbocycles. The van der Waals surface area contributed by atoms with E-state index in [0.717, 1.165) is 10.5 Å². The lowest BCUT2D eigenvalue weighted by Gasteiger charge is -2.04. The quantitative estimate of drug-likeness (QED) is 0.733. The van der Waals surface area contributed by atoms with Gasteiger partial charge in [0, 0.05) is 12.7 Å². The molecule has 0 aliphatic heterocycles. The van der Waals surface area contributed by atoms with Crippen molar-refractivity contribution in [2.75, 3.05) is 12.4 Å². The molecule has 0 aliphatic carbocycles. The Balaban J connectivity index is 1.84. The second kappa shape index (κ2) is 5.00. The lowest BCUT2D eigenvalue weighted by Crippen LogP contribution is -2.21. The molecule has 0 aliphatic rings. The Hall–Kier alpha value is -2.89. The summed E-state index contributed by atoms with van der Waals surface area (Å²) in [7, 11) is 1.81. The molecule has 3 aromatic rings. The Kier molecular flexibility index (Phi) is 3.04. The molecule has 100 valence electrons. The largest absolute Gasteiger partial charge is 0.388 e. The third-order valence-corrected chi connectivity index (χ3v) is 2.90. The van der Waals surface area contributed by atoms with E-state index in [1.807, 2.05) is 19.2 Å². The Labute approximate surface area is 114 Å². The minimum absolute atomic E-state index is 0.448. The normalized spacial score (nSPS) is 10.4. The van der Waals surface area contributed by atoms with Crippen molar-refractivity contribution >= 4 is 22.7 Å². The number of fused-ring (bicyclic) bond motifs is 1. The van der Waals surface area contributed by atoms with Gasteiger partial charge in [0.05, 0.1) is 5.56 Å². The van der Waals surface area contributed by atoms with Gasteiger partial charge in [-0.2, -0.15) is 0 Å². The molecule has 0 spiro atoms. The number of hydrogen-bond acceptors (Lipinski definition) is 5. The van der Waals surface area contributed by atoms with E-state index in [1.54, 1.807) is 36.4 Å². The molecule has 0 unspecified atom stereocenters. The Bertz CT molecular complexity index is 749. The van der Waals surface area contributed by atoms with Crippen LogP contribution in [-0.2, 0) is 0 Å². The van der Waals surface area contributed by atoms with Crippen molar-refractivity contribution in [1.29, 1.82) is 0 Å². The number of carbonyl (C=O) groups is 1. The zero-order chi connectivity index (χ0) is 13.9. The van der Waals surface area contributed by atoms with Crippen LogP contribution in [0.3, 0.4) is 0 Å². The predicted molar refractivity (Wildman–Crippen MR) is 74.4 cm³/mol. The van der Waals surface area contributed by atoms with Gasteiger partial charge in [0.15, 0.2) is 0 Å². The second-order valence-electron chi connectivity index (χ2n) is 4.16. The number of nitrogens with zero attached hydrogens (tertiary/aromatic N) is 3. The molecule has 0 bridgehead atoms. The molecule has 0 fully saturated rings. The van der Waals surface area contributed by atoms with Crippen molar-refractivity contribution in [1.82, 2.24) is 15.2 Å². The molecule has 0 amide bonds. The smallest absolute Gasteiger partial charge is 0.365 e. The zero-order valence-corrected chi connectivity index (χ0v) is 10.8. The summed E-state index contributed by atoms with van der Waals surface area (Å²) in [6, 6.07) is 14.2.